The molecular weight excluding hydrogens is 154 g/mol. The smallest absolute Gasteiger partial charge is 0.320 e. The van der Waals surface area contributed by atoms with Gasteiger partial charge in [-0.05, 0) is 12.8 Å². The summed E-state index contributed by atoms with van der Waals surface area (Å²) >= 11 is 0. The summed E-state index contributed by atoms with van der Waals surface area (Å²) in [5, 5.41) is 11.7. The van der Waals surface area contributed by atoms with Gasteiger partial charge in [-0.15, -0.1) is 0 Å². The Morgan fingerprint density at radius 2 is 2.17 bits per heavy atom. The minimum Gasteiger partial charge on any atom is -0.480 e. The van der Waals surface area contributed by atoms with E-state index >= 15 is 0 Å². The number of allylic oxidation sites excluding steroid dienone is 1. The molecule has 1 unspecified atom stereocenters. The third kappa shape index (κ3) is 4.13. The number of nitrogens with one attached hydrogen (secondary N) is 1. The molecule has 0 aromatic heterocycles. The van der Waals surface area contributed by atoms with Gasteiger partial charge in [0.05, 0.1) is 0 Å². The van der Waals surface area contributed by atoms with E-state index in [0.717, 1.165) is 0 Å². The Morgan fingerprint density at radius 3 is 2.50 bits per heavy atom. The van der Waals surface area contributed by atoms with Crippen LogP contribution in [0.1, 0.15) is 20.8 Å². The van der Waals surface area contributed by atoms with E-state index in [0.29, 0.717) is 6.54 Å². The van der Waals surface area contributed by atoms with Crippen molar-refractivity contribution in [3.8, 4) is 0 Å². The van der Waals surface area contributed by atoms with Crippen molar-refractivity contribution in [1.82, 2.24) is 5.32 Å². The van der Waals surface area contributed by atoms with Crippen molar-refractivity contribution in [2.75, 3.05) is 6.54 Å². The van der Waals surface area contributed by atoms with E-state index in [-0.39, 0.29) is 5.92 Å². The van der Waals surface area contributed by atoms with E-state index < -0.39 is 12.0 Å². The zero-order valence-corrected chi connectivity index (χ0v) is 7.87. The zero-order valence-electron chi connectivity index (χ0n) is 7.87. The fourth-order valence-corrected chi connectivity index (χ4v) is 0.921. The van der Waals surface area contributed by atoms with Gasteiger partial charge in [-0.25, -0.2) is 0 Å². The average Bonchev–Trinajstić information content (AvgIpc) is 1.96. The number of rotatable bonds is 5. The number of carbonyl (C=O) groups is 1. The summed E-state index contributed by atoms with van der Waals surface area (Å²) in [4.78, 5) is 10.6. The molecule has 0 aliphatic rings. The number of hydrogen-bond donors (Lipinski definition) is 2. The van der Waals surface area contributed by atoms with Gasteiger partial charge in [0, 0.05) is 6.54 Å². The van der Waals surface area contributed by atoms with Crippen LogP contribution in [0, 0.1) is 5.92 Å². The zero-order chi connectivity index (χ0) is 9.56. The first-order valence-corrected chi connectivity index (χ1v) is 4.17. The molecule has 0 aromatic rings. The lowest BCUT2D eigenvalue weighted by atomic mass is 10.1. The van der Waals surface area contributed by atoms with Crippen LogP contribution in [0.5, 0.6) is 0 Å². The molecule has 0 fully saturated rings. The molecule has 0 aliphatic heterocycles. The van der Waals surface area contributed by atoms with E-state index in [9.17, 15) is 4.79 Å². The maximum absolute atomic E-state index is 10.6. The highest BCUT2D eigenvalue weighted by Crippen LogP contribution is 2.00. The molecule has 12 heavy (non-hydrogen) atoms. The second-order valence-corrected chi connectivity index (χ2v) is 3.04. The second-order valence-electron chi connectivity index (χ2n) is 3.04. The third-order valence-electron chi connectivity index (χ3n) is 1.62. The van der Waals surface area contributed by atoms with Crippen molar-refractivity contribution < 1.29 is 9.90 Å². The molecule has 0 heterocycles. The molecule has 70 valence electrons. The van der Waals surface area contributed by atoms with Crippen LogP contribution in [0.4, 0.5) is 0 Å². The Bertz CT molecular complexity index is 164. The lowest BCUT2D eigenvalue weighted by Gasteiger charge is -2.16. The third-order valence-corrected chi connectivity index (χ3v) is 1.62. The number of aliphatic carboxylic acids is 1. The predicted octanol–water partition coefficient (Wildman–Crippen LogP) is 1.26. The minimum absolute atomic E-state index is 0.118. The normalized spacial score (nSPS) is 14.0. The van der Waals surface area contributed by atoms with Crippen LogP contribution in [-0.2, 0) is 4.79 Å². The Balaban J connectivity index is 3.88. The monoisotopic (exact) mass is 171 g/mol. The first-order valence-electron chi connectivity index (χ1n) is 4.17. The van der Waals surface area contributed by atoms with Crippen LogP contribution in [0.25, 0.3) is 0 Å². The molecule has 0 bridgehead atoms. The Morgan fingerprint density at radius 1 is 1.58 bits per heavy atom. The number of carboxylic acid groups (broad SMARTS) is 1. The van der Waals surface area contributed by atoms with E-state index in [1.807, 2.05) is 32.9 Å². The standard InChI is InChI=1S/C9H17NO2/c1-4-5-6-10-8(7(2)3)9(11)12/h4-5,7-8,10H,6H2,1-3H3,(H,11,12)/b5-4+. The first kappa shape index (κ1) is 11.2. The van der Waals surface area contributed by atoms with Gasteiger partial charge in [0.2, 0.25) is 0 Å². The van der Waals surface area contributed by atoms with Crippen molar-refractivity contribution in [2.45, 2.75) is 26.8 Å². The SMILES string of the molecule is C/C=C/CNC(C(=O)O)C(C)C. The summed E-state index contributed by atoms with van der Waals surface area (Å²) < 4.78 is 0. The van der Waals surface area contributed by atoms with Crippen LogP contribution >= 0.6 is 0 Å². The minimum atomic E-state index is -0.783. The number of carboxylic acids is 1. The Hall–Kier alpha value is -0.830. The number of hydrogen-bond acceptors (Lipinski definition) is 2. The molecule has 2 N–H and O–H groups in total. The van der Waals surface area contributed by atoms with Crippen molar-refractivity contribution in [1.29, 1.82) is 0 Å². The molecule has 3 heteroatoms. The molecule has 0 spiro atoms. The van der Waals surface area contributed by atoms with Crippen molar-refractivity contribution in [2.24, 2.45) is 5.92 Å². The molecule has 0 aliphatic carbocycles. The summed E-state index contributed by atoms with van der Waals surface area (Å²) in [5.41, 5.74) is 0. The fraction of sp³-hybridized carbons (Fsp3) is 0.667. The summed E-state index contributed by atoms with van der Waals surface area (Å²) in [6.45, 7) is 6.31. The lowest BCUT2D eigenvalue weighted by molar-refractivity contribution is -0.140. The van der Waals surface area contributed by atoms with Gasteiger partial charge >= 0.3 is 5.97 Å². The lowest BCUT2D eigenvalue weighted by Crippen LogP contribution is -2.40. The van der Waals surface area contributed by atoms with Gasteiger partial charge in [0.25, 0.3) is 0 Å². The summed E-state index contributed by atoms with van der Waals surface area (Å²) in [6, 6.07) is -0.443. The van der Waals surface area contributed by atoms with Crippen LogP contribution in [-0.4, -0.2) is 23.7 Å². The molecule has 0 saturated carbocycles. The molecular formula is C9H17NO2. The van der Waals surface area contributed by atoms with Gasteiger partial charge in [-0.2, -0.15) is 0 Å². The van der Waals surface area contributed by atoms with Crippen LogP contribution in [0.15, 0.2) is 12.2 Å². The summed E-state index contributed by atoms with van der Waals surface area (Å²) in [6.07, 6.45) is 3.80. The van der Waals surface area contributed by atoms with Gasteiger partial charge in [-0.1, -0.05) is 26.0 Å². The highest BCUT2D eigenvalue weighted by Gasteiger charge is 2.19. The maximum atomic E-state index is 10.6. The fourth-order valence-electron chi connectivity index (χ4n) is 0.921. The molecule has 0 rings (SSSR count). The maximum Gasteiger partial charge on any atom is 0.320 e. The van der Waals surface area contributed by atoms with Crippen molar-refractivity contribution >= 4 is 5.97 Å². The van der Waals surface area contributed by atoms with Gasteiger partial charge in [0.15, 0.2) is 0 Å². The van der Waals surface area contributed by atoms with E-state index in [1.165, 1.54) is 0 Å². The van der Waals surface area contributed by atoms with E-state index in [4.69, 9.17) is 5.11 Å². The van der Waals surface area contributed by atoms with Crippen molar-refractivity contribution in [3.63, 3.8) is 0 Å². The first-order chi connectivity index (χ1) is 5.59. The van der Waals surface area contributed by atoms with Crippen molar-refractivity contribution in [3.05, 3.63) is 12.2 Å². The summed E-state index contributed by atoms with van der Waals surface area (Å²) in [5.74, 6) is -0.665. The van der Waals surface area contributed by atoms with Gasteiger partial charge < -0.3 is 10.4 Å². The topological polar surface area (TPSA) is 49.3 Å². The molecule has 0 radical (unpaired) electrons. The van der Waals surface area contributed by atoms with Crippen LogP contribution < -0.4 is 5.32 Å². The molecule has 1 atom stereocenters. The highest BCUT2D eigenvalue weighted by molar-refractivity contribution is 5.73. The highest BCUT2D eigenvalue weighted by atomic mass is 16.4. The largest absolute Gasteiger partial charge is 0.480 e. The van der Waals surface area contributed by atoms with E-state index in [2.05, 4.69) is 5.32 Å². The Labute approximate surface area is 73.5 Å². The average molecular weight is 171 g/mol. The van der Waals surface area contributed by atoms with Crippen LogP contribution in [0.2, 0.25) is 0 Å². The Kier molecular flexibility index (Phi) is 5.37. The summed E-state index contributed by atoms with van der Waals surface area (Å²) in [7, 11) is 0. The molecule has 3 nitrogen and oxygen atoms in total. The van der Waals surface area contributed by atoms with Gasteiger partial charge in [-0.3, -0.25) is 4.79 Å². The predicted molar refractivity (Wildman–Crippen MR) is 49.1 cm³/mol. The quantitative estimate of drug-likeness (QED) is 0.612. The molecule has 0 amide bonds. The van der Waals surface area contributed by atoms with Gasteiger partial charge in [0.1, 0.15) is 6.04 Å². The second kappa shape index (κ2) is 5.77. The molecule has 0 saturated heterocycles. The van der Waals surface area contributed by atoms with E-state index in [1.54, 1.807) is 0 Å². The molecule has 0 aromatic carbocycles. The van der Waals surface area contributed by atoms with Crippen LogP contribution in [0.3, 0.4) is 0 Å².